The van der Waals surface area contributed by atoms with E-state index < -0.39 is 17.5 Å². The molecule has 0 heterocycles. The van der Waals surface area contributed by atoms with Crippen molar-refractivity contribution in [1.29, 1.82) is 0 Å². The number of nitrogens with two attached hydrogens (primary N) is 2. The zero-order valence-electron chi connectivity index (χ0n) is 11.0. The molecule has 0 aliphatic heterocycles. The van der Waals surface area contributed by atoms with E-state index in [9.17, 15) is 18.0 Å². The molecule has 0 bridgehead atoms. The third-order valence-electron chi connectivity index (χ3n) is 2.59. The van der Waals surface area contributed by atoms with Gasteiger partial charge in [-0.15, -0.1) is 0 Å². The lowest BCUT2D eigenvalue weighted by molar-refractivity contribution is -0.137. The van der Waals surface area contributed by atoms with Crippen LogP contribution in [0.1, 0.15) is 18.1 Å². The molecule has 0 aliphatic rings. The molecule has 7 heteroatoms. The fraction of sp³-hybridized carbons (Fsp3) is 0.231. The first-order valence-corrected chi connectivity index (χ1v) is 5.59. The Labute approximate surface area is 114 Å². The van der Waals surface area contributed by atoms with Gasteiger partial charge in [-0.3, -0.25) is 9.79 Å². The Hall–Kier alpha value is -2.31. The van der Waals surface area contributed by atoms with Crippen molar-refractivity contribution in [2.24, 2.45) is 16.5 Å². The van der Waals surface area contributed by atoms with Crippen LogP contribution in [0.4, 0.5) is 13.2 Å². The van der Waals surface area contributed by atoms with Crippen molar-refractivity contribution in [3.8, 4) is 0 Å². The van der Waals surface area contributed by atoms with Gasteiger partial charge in [0, 0.05) is 18.3 Å². The number of ketones is 1. The number of rotatable bonds is 3. The lowest BCUT2D eigenvalue weighted by Crippen LogP contribution is -2.25. The molecule has 0 aromatic heterocycles. The molecule has 0 fully saturated rings. The quantitative estimate of drug-likeness (QED) is 0.656. The Morgan fingerprint density at radius 2 is 1.65 bits per heavy atom. The van der Waals surface area contributed by atoms with Gasteiger partial charge in [-0.1, -0.05) is 12.1 Å². The second-order valence-electron chi connectivity index (χ2n) is 4.07. The highest BCUT2D eigenvalue weighted by Gasteiger charge is 2.30. The smallest absolute Gasteiger partial charge is 0.400 e. The van der Waals surface area contributed by atoms with Crippen LogP contribution in [0.5, 0.6) is 0 Å². The van der Waals surface area contributed by atoms with Crippen LogP contribution in [0.25, 0.3) is 0 Å². The predicted molar refractivity (Wildman–Crippen MR) is 70.0 cm³/mol. The summed E-state index contributed by atoms with van der Waals surface area (Å²) in [5, 5.41) is 0. The minimum absolute atomic E-state index is 0.0407. The second-order valence-corrected chi connectivity index (χ2v) is 4.07. The summed E-state index contributed by atoms with van der Waals surface area (Å²) in [6, 6.07) is 4.09. The molecule has 1 rings (SSSR count). The molecule has 1 aromatic rings. The number of nitrogens with zero attached hydrogens (tertiary/aromatic N) is 1. The van der Waals surface area contributed by atoms with Gasteiger partial charge in [0.25, 0.3) is 0 Å². The zero-order chi connectivity index (χ0) is 15.5. The molecule has 4 N–H and O–H groups in total. The second kappa shape index (κ2) is 5.77. The number of aliphatic imine (C=N–C) groups is 1. The number of benzene rings is 1. The number of carbonyl (C=O) groups is 1. The standard InChI is InChI=1S/C13H14F3N3O/c1-7(17)10(18)12(20)11(19-2)8-3-5-9(6-4-8)13(14,15)16/h3-6H,17-18H2,1-2H3. The van der Waals surface area contributed by atoms with Gasteiger partial charge in [-0.2, -0.15) is 13.2 Å². The van der Waals surface area contributed by atoms with Crippen molar-refractivity contribution in [2.75, 3.05) is 7.05 Å². The molecule has 0 unspecified atom stereocenters. The molecular weight excluding hydrogens is 271 g/mol. The molecule has 0 saturated heterocycles. The molecule has 0 spiro atoms. The number of alkyl halides is 3. The summed E-state index contributed by atoms with van der Waals surface area (Å²) >= 11 is 0. The first-order valence-electron chi connectivity index (χ1n) is 5.59. The Balaban J connectivity index is 3.17. The van der Waals surface area contributed by atoms with Gasteiger partial charge in [0.15, 0.2) is 0 Å². The fourth-order valence-electron chi connectivity index (χ4n) is 1.49. The molecule has 1 aromatic carbocycles. The summed E-state index contributed by atoms with van der Waals surface area (Å²) in [4.78, 5) is 15.8. The maximum Gasteiger partial charge on any atom is 0.416 e. The average molecular weight is 285 g/mol. The van der Waals surface area contributed by atoms with Crippen LogP contribution in [-0.4, -0.2) is 18.5 Å². The third-order valence-corrected chi connectivity index (χ3v) is 2.59. The maximum absolute atomic E-state index is 12.5. The molecule has 20 heavy (non-hydrogen) atoms. The van der Waals surface area contributed by atoms with Crippen LogP contribution in [0.2, 0.25) is 0 Å². The highest BCUT2D eigenvalue weighted by Crippen LogP contribution is 2.29. The van der Waals surface area contributed by atoms with Crippen molar-refractivity contribution < 1.29 is 18.0 Å². The minimum atomic E-state index is -4.43. The van der Waals surface area contributed by atoms with Gasteiger partial charge in [0.2, 0.25) is 5.78 Å². The first kappa shape index (κ1) is 15.7. The lowest BCUT2D eigenvalue weighted by atomic mass is 10.0. The van der Waals surface area contributed by atoms with E-state index in [0.29, 0.717) is 0 Å². The van der Waals surface area contributed by atoms with Crippen molar-refractivity contribution in [3.63, 3.8) is 0 Å². The van der Waals surface area contributed by atoms with E-state index in [-0.39, 0.29) is 22.7 Å². The lowest BCUT2D eigenvalue weighted by Gasteiger charge is -2.09. The number of hydrogen-bond acceptors (Lipinski definition) is 4. The van der Waals surface area contributed by atoms with Crippen LogP contribution in [0, 0.1) is 0 Å². The van der Waals surface area contributed by atoms with Gasteiger partial charge in [-0.25, -0.2) is 0 Å². The normalized spacial score (nSPS) is 13.9. The molecule has 0 saturated carbocycles. The Morgan fingerprint density at radius 3 is 2.00 bits per heavy atom. The monoisotopic (exact) mass is 285 g/mol. The zero-order valence-corrected chi connectivity index (χ0v) is 11.0. The summed E-state index contributed by atoms with van der Waals surface area (Å²) in [6.07, 6.45) is -4.43. The summed E-state index contributed by atoms with van der Waals surface area (Å²) < 4.78 is 37.4. The van der Waals surface area contributed by atoms with E-state index in [1.807, 2.05) is 0 Å². The average Bonchev–Trinajstić information content (AvgIpc) is 2.38. The molecule has 0 atom stereocenters. The number of halogens is 3. The number of Topliss-reactive ketones (excluding diaryl/α,β-unsaturated/α-hetero) is 1. The van der Waals surface area contributed by atoms with E-state index in [2.05, 4.69) is 4.99 Å². The van der Waals surface area contributed by atoms with Gasteiger partial charge in [-0.05, 0) is 19.1 Å². The van der Waals surface area contributed by atoms with E-state index in [1.54, 1.807) is 0 Å². The SMILES string of the molecule is CN=C(C(=O)C(N)=C(C)N)c1ccc(C(F)(F)F)cc1. The van der Waals surface area contributed by atoms with Gasteiger partial charge >= 0.3 is 6.18 Å². The summed E-state index contributed by atoms with van der Waals surface area (Å²) in [7, 11) is 1.35. The van der Waals surface area contributed by atoms with Crippen molar-refractivity contribution >= 4 is 11.5 Å². The van der Waals surface area contributed by atoms with Gasteiger partial charge in [0.05, 0.1) is 5.56 Å². The van der Waals surface area contributed by atoms with Crippen LogP contribution < -0.4 is 11.5 Å². The largest absolute Gasteiger partial charge is 0.416 e. The summed E-state index contributed by atoms with van der Waals surface area (Å²) in [5.41, 5.74) is 10.3. The molecule has 0 radical (unpaired) electrons. The Kier molecular flexibility index (Phi) is 4.54. The molecule has 0 aliphatic carbocycles. The molecule has 0 amide bonds. The molecule has 4 nitrogen and oxygen atoms in total. The predicted octanol–water partition coefficient (Wildman–Crippen LogP) is 1.84. The van der Waals surface area contributed by atoms with E-state index in [1.165, 1.54) is 26.1 Å². The van der Waals surface area contributed by atoms with Crippen molar-refractivity contribution in [2.45, 2.75) is 13.1 Å². The van der Waals surface area contributed by atoms with E-state index in [4.69, 9.17) is 11.5 Å². The number of hydrogen-bond donors (Lipinski definition) is 2. The van der Waals surface area contributed by atoms with Crippen molar-refractivity contribution in [1.82, 2.24) is 0 Å². The fourth-order valence-corrected chi connectivity index (χ4v) is 1.49. The van der Waals surface area contributed by atoms with Crippen molar-refractivity contribution in [3.05, 3.63) is 46.8 Å². The third kappa shape index (κ3) is 3.37. The summed E-state index contributed by atoms with van der Waals surface area (Å²) in [5.74, 6) is -0.618. The van der Waals surface area contributed by atoms with Crippen LogP contribution in [0.3, 0.4) is 0 Å². The number of allylic oxidation sites excluding steroid dienone is 2. The maximum atomic E-state index is 12.5. The summed E-state index contributed by atoms with van der Waals surface area (Å²) in [6.45, 7) is 1.45. The highest BCUT2D eigenvalue weighted by atomic mass is 19.4. The van der Waals surface area contributed by atoms with Crippen LogP contribution in [-0.2, 0) is 11.0 Å². The number of carbonyl (C=O) groups excluding carboxylic acids is 1. The van der Waals surface area contributed by atoms with Gasteiger partial charge in [0.1, 0.15) is 11.4 Å². The minimum Gasteiger partial charge on any atom is -0.400 e. The first-order chi connectivity index (χ1) is 9.18. The van der Waals surface area contributed by atoms with Crippen LogP contribution in [0.15, 0.2) is 40.7 Å². The highest BCUT2D eigenvalue weighted by molar-refractivity contribution is 6.51. The Bertz CT molecular complexity index is 568. The van der Waals surface area contributed by atoms with Crippen LogP contribution >= 0.6 is 0 Å². The van der Waals surface area contributed by atoms with E-state index in [0.717, 1.165) is 12.1 Å². The topological polar surface area (TPSA) is 81.5 Å². The Morgan fingerprint density at radius 1 is 1.15 bits per heavy atom. The van der Waals surface area contributed by atoms with E-state index >= 15 is 0 Å². The molecular formula is C13H14F3N3O. The van der Waals surface area contributed by atoms with Gasteiger partial charge < -0.3 is 11.5 Å². The molecule has 108 valence electrons.